The van der Waals surface area contributed by atoms with E-state index in [1.807, 2.05) is 6.07 Å². The fraction of sp³-hybridized carbons (Fsp3) is 0.571. The fourth-order valence-corrected chi connectivity index (χ4v) is 8.63. The molecule has 6 heteroatoms. The molecule has 4 aliphatic heterocycles. The largest absolute Gasteiger partial charge is 0.493 e. The van der Waals surface area contributed by atoms with E-state index in [0.29, 0.717) is 6.04 Å². The van der Waals surface area contributed by atoms with Gasteiger partial charge in [0.05, 0.1) is 23.3 Å². The van der Waals surface area contributed by atoms with Gasteiger partial charge in [-0.05, 0) is 44.1 Å². The predicted octanol–water partition coefficient (Wildman–Crippen LogP) is 2.29. The number of fused-ring (bicyclic) bond motifs is 1. The summed E-state index contributed by atoms with van der Waals surface area (Å²) in [6, 6.07) is 7.11. The molecule has 0 unspecified atom stereocenters. The monoisotopic (exact) mass is 382 g/mol. The number of hydrogen-bond donors (Lipinski definition) is 0. The summed E-state index contributed by atoms with van der Waals surface area (Å²) >= 11 is 1.80. The standard InChI is InChI=1S/C21H22N2O3S/c1-23-9-8-19-16-12-4-5-13(24-2)17(16)26-18(19)20(25-3)6-7-21(19,14(23)10-12)27-15(20)11-22/h4-7,14-15,18H,8-10H2,1-3H3/t14-,15-,18-,19+,20+,21-/m1/s1. The van der Waals surface area contributed by atoms with Gasteiger partial charge in [0.2, 0.25) is 0 Å². The first kappa shape index (κ1) is 16.3. The van der Waals surface area contributed by atoms with Gasteiger partial charge in [0, 0.05) is 18.7 Å². The summed E-state index contributed by atoms with van der Waals surface area (Å²) in [4.78, 5) is 2.48. The molecular formula is C21H22N2O3S. The second-order valence-corrected chi connectivity index (χ2v) is 9.74. The Labute approximate surface area is 163 Å². The van der Waals surface area contributed by atoms with Crippen molar-refractivity contribution in [1.29, 1.82) is 5.26 Å². The Morgan fingerprint density at radius 3 is 2.93 bits per heavy atom. The predicted molar refractivity (Wildman–Crippen MR) is 102 cm³/mol. The van der Waals surface area contributed by atoms with Gasteiger partial charge in [-0.1, -0.05) is 12.1 Å². The van der Waals surface area contributed by atoms with Crippen LogP contribution in [0.1, 0.15) is 17.5 Å². The van der Waals surface area contributed by atoms with Crippen LogP contribution < -0.4 is 9.47 Å². The molecule has 2 saturated heterocycles. The minimum Gasteiger partial charge on any atom is -0.493 e. The quantitative estimate of drug-likeness (QED) is 0.732. The van der Waals surface area contributed by atoms with E-state index in [2.05, 4.69) is 36.2 Å². The van der Waals surface area contributed by atoms with E-state index in [0.717, 1.165) is 30.9 Å². The van der Waals surface area contributed by atoms with Crippen LogP contribution in [0.4, 0.5) is 0 Å². The number of likely N-dealkylation sites (tertiary alicyclic amines) is 1. The van der Waals surface area contributed by atoms with Gasteiger partial charge in [0.25, 0.3) is 0 Å². The Morgan fingerprint density at radius 1 is 1.33 bits per heavy atom. The number of benzene rings is 1. The Balaban J connectivity index is 1.73. The van der Waals surface area contributed by atoms with E-state index in [9.17, 15) is 5.26 Å². The molecule has 0 amide bonds. The summed E-state index contributed by atoms with van der Waals surface area (Å²) in [7, 11) is 5.63. The lowest BCUT2D eigenvalue weighted by molar-refractivity contribution is -0.112. The van der Waals surface area contributed by atoms with Crippen LogP contribution in [0.15, 0.2) is 24.3 Å². The van der Waals surface area contributed by atoms with Crippen LogP contribution in [0.2, 0.25) is 0 Å². The molecule has 5 nitrogen and oxygen atoms in total. The van der Waals surface area contributed by atoms with E-state index < -0.39 is 5.60 Å². The van der Waals surface area contributed by atoms with Crippen molar-refractivity contribution >= 4 is 11.8 Å². The lowest BCUT2D eigenvalue weighted by Gasteiger charge is -2.69. The maximum absolute atomic E-state index is 10.0. The van der Waals surface area contributed by atoms with Crippen molar-refractivity contribution in [2.45, 2.75) is 46.0 Å². The molecule has 2 spiro atoms. The van der Waals surface area contributed by atoms with Gasteiger partial charge in [-0.15, -0.1) is 11.8 Å². The van der Waals surface area contributed by atoms with E-state index in [1.165, 1.54) is 11.1 Å². The number of methoxy groups -OCH3 is 2. The SMILES string of the molecule is COc1ccc2c3c1O[C@H]1[C@]4(OC)C=C[C@@]5(S[C@@H]4C#N)[C@@H](C2)N(C)CC[C@]315. The van der Waals surface area contributed by atoms with Gasteiger partial charge in [0.15, 0.2) is 11.5 Å². The van der Waals surface area contributed by atoms with Gasteiger partial charge < -0.3 is 19.1 Å². The highest BCUT2D eigenvalue weighted by atomic mass is 32.2. The van der Waals surface area contributed by atoms with Crippen molar-refractivity contribution in [3.8, 4) is 17.6 Å². The van der Waals surface area contributed by atoms with Gasteiger partial charge in [-0.2, -0.15) is 5.26 Å². The number of hydrogen-bond acceptors (Lipinski definition) is 6. The van der Waals surface area contributed by atoms with E-state index in [1.54, 1.807) is 26.0 Å². The number of nitrogens with zero attached hydrogens (tertiary/aromatic N) is 2. The molecule has 0 aromatic heterocycles. The average Bonchev–Trinajstić information content (AvgIpc) is 3.07. The molecule has 4 bridgehead atoms. The topological polar surface area (TPSA) is 54.7 Å². The summed E-state index contributed by atoms with van der Waals surface area (Å²) in [5.74, 6) is 1.66. The molecule has 4 heterocycles. The van der Waals surface area contributed by atoms with Crippen molar-refractivity contribution in [2.75, 3.05) is 27.8 Å². The number of thioether (sulfide) groups is 1. The fourth-order valence-electron chi connectivity index (χ4n) is 6.61. The number of rotatable bonds is 2. The lowest BCUT2D eigenvalue weighted by atomic mass is 9.50. The maximum Gasteiger partial charge on any atom is 0.166 e. The summed E-state index contributed by atoms with van der Waals surface area (Å²) < 4.78 is 18.3. The average molecular weight is 382 g/mol. The molecule has 7 rings (SSSR count). The number of nitriles is 1. The van der Waals surface area contributed by atoms with Crippen LogP contribution in [0.25, 0.3) is 0 Å². The normalized spacial score (nSPS) is 45.2. The minimum atomic E-state index is -0.736. The smallest absolute Gasteiger partial charge is 0.166 e. The van der Waals surface area contributed by atoms with Crippen LogP contribution in [0.3, 0.4) is 0 Å². The lowest BCUT2D eigenvalue weighted by Crippen LogP contribution is -2.81. The number of likely N-dealkylation sites (N-methyl/N-ethyl adjacent to an activating group) is 1. The minimum absolute atomic E-state index is 0.171. The van der Waals surface area contributed by atoms with Gasteiger partial charge >= 0.3 is 0 Å². The van der Waals surface area contributed by atoms with Crippen LogP contribution >= 0.6 is 11.8 Å². The zero-order chi connectivity index (χ0) is 18.6. The van der Waals surface area contributed by atoms with Crippen molar-refractivity contribution in [2.24, 2.45) is 0 Å². The van der Waals surface area contributed by atoms with E-state index >= 15 is 0 Å². The number of ether oxygens (including phenoxy) is 3. The van der Waals surface area contributed by atoms with Crippen molar-refractivity contribution in [1.82, 2.24) is 4.90 Å². The van der Waals surface area contributed by atoms with Gasteiger partial charge in [0.1, 0.15) is 17.0 Å². The highest BCUT2D eigenvalue weighted by molar-refractivity contribution is 8.02. The highest BCUT2D eigenvalue weighted by Gasteiger charge is 2.80. The Kier molecular flexibility index (Phi) is 2.92. The molecule has 2 fully saturated rings. The zero-order valence-electron chi connectivity index (χ0n) is 15.7. The van der Waals surface area contributed by atoms with Crippen LogP contribution in [0.5, 0.6) is 11.5 Å². The van der Waals surface area contributed by atoms with Crippen molar-refractivity contribution in [3.63, 3.8) is 0 Å². The molecule has 6 aliphatic rings. The van der Waals surface area contributed by atoms with Crippen molar-refractivity contribution < 1.29 is 14.2 Å². The zero-order valence-corrected chi connectivity index (χ0v) is 16.5. The van der Waals surface area contributed by atoms with E-state index in [4.69, 9.17) is 14.2 Å². The van der Waals surface area contributed by atoms with Gasteiger partial charge in [-0.3, -0.25) is 0 Å². The third kappa shape index (κ3) is 1.45. The first-order chi connectivity index (χ1) is 13.1. The summed E-state index contributed by atoms with van der Waals surface area (Å²) in [5.41, 5.74) is 1.76. The third-order valence-corrected chi connectivity index (χ3v) is 9.62. The Hall–Kier alpha value is -1.68. The summed E-state index contributed by atoms with van der Waals surface area (Å²) in [6.07, 6.45) is 6.25. The molecule has 1 aromatic carbocycles. The molecule has 27 heavy (non-hydrogen) atoms. The third-order valence-electron chi connectivity index (χ3n) is 7.75. The first-order valence-electron chi connectivity index (χ1n) is 9.48. The first-order valence-corrected chi connectivity index (χ1v) is 10.4. The molecule has 0 saturated carbocycles. The maximum atomic E-state index is 10.0. The van der Waals surface area contributed by atoms with Crippen LogP contribution in [0, 0.1) is 11.3 Å². The highest BCUT2D eigenvalue weighted by Crippen LogP contribution is 2.73. The Morgan fingerprint density at radius 2 is 2.19 bits per heavy atom. The molecule has 6 atom stereocenters. The molecular weight excluding hydrogens is 360 g/mol. The summed E-state index contributed by atoms with van der Waals surface area (Å²) in [6.45, 7) is 1.02. The molecule has 140 valence electrons. The van der Waals surface area contributed by atoms with E-state index in [-0.39, 0.29) is 21.5 Å². The van der Waals surface area contributed by atoms with Crippen LogP contribution in [-0.2, 0) is 16.6 Å². The molecule has 2 aliphatic carbocycles. The second-order valence-electron chi connectivity index (χ2n) is 8.36. The van der Waals surface area contributed by atoms with Crippen molar-refractivity contribution in [3.05, 3.63) is 35.4 Å². The number of piperidine rings is 1. The summed E-state index contributed by atoms with van der Waals surface area (Å²) in [5, 5.41) is 9.73. The van der Waals surface area contributed by atoms with Gasteiger partial charge in [-0.25, -0.2) is 0 Å². The Bertz CT molecular complexity index is 942. The second kappa shape index (κ2) is 4.83. The van der Waals surface area contributed by atoms with Crippen LogP contribution in [-0.4, -0.2) is 60.5 Å². The molecule has 0 N–H and O–H groups in total. The molecule has 1 aromatic rings. The molecule has 0 radical (unpaired) electrons.